The zero-order chi connectivity index (χ0) is 7.40. The van der Waals surface area contributed by atoms with E-state index in [1.807, 2.05) is 17.5 Å². The third kappa shape index (κ3) is 2.36. The molecule has 1 heterocycles. The monoisotopic (exact) mass is 175 g/mol. The summed E-state index contributed by atoms with van der Waals surface area (Å²) in [6, 6.07) is 3.76. The van der Waals surface area contributed by atoms with E-state index in [1.165, 1.54) is 23.1 Å². The molecule has 0 fully saturated rings. The predicted molar refractivity (Wildman–Crippen MR) is 42.0 cm³/mol. The third-order valence-electron chi connectivity index (χ3n) is 0.807. The first-order chi connectivity index (χ1) is 4.79. The first kappa shape index (κ1) is 7.56. The summed E-state index contributed by atoms with van der Waals surface area (Å²) in [5.74, 6) is -0.0412. The molecule has 0 atom stereocenters. The third-order valence-corrected chi connectivity index (χ3v) is 2.87. The maximum Gasteiger partial charge on any atom is 0.254 e. The molecule has 1 aromatic heterocycles. The Morgan fingerprint density at radius 2 is 2.60 bits per heavy atom. The van der Waals surface area contributed by atoms with Crippen LogP contribution in [0, 0.1) is 10.1 Å². The Kier molecular flexibility index (Phi) is 2.70. The highest BCUT2D eigenvalue weighted by molar-refractivity contribution is 8.00. The van der Waals surface area contributed by atoms with Gasteiger partial charge in [-0.2, -0.15) is 0 Å². The van der Waals surface area contributed by atoms with Crippen molar-refractivity contribution in [2.75, 3.05) is 5.88 Å². The van der Waals surface area contributed by atoms with Crippen LogP contribution in [0.15, 0.2) is 21.7 Å². The van der Waals surface area contributed by atoms with Crippen molar-refractivity contribution in [2.24, 2.45) is 0 Å². The molecular weight excluding hydrogens is 170 g/mol. The van der Waals surface area contributed by atoms with Crippen molar-refractivity contribution in [3.63, 3.8) is 0 Å². The Morgan fingerprint density at radius 3 is 3.10 bits per heavy atom. The van der Waals surface area contributed by atoms with Gasteiger partial charge in [0.25, 0.3) is 5.88 Å². The minimum absolute atomic E-state index is 0.0412. The summed E-state index contributed by atoms with van der Waals surface area (Å²) in [5, 5.41) is 11.8. The largest absolute Gasteiger partial charge is 0.264 e. The lowest BCUT2D eigenvalue weighted by molar-refractivity contribution is -0.456. The van der Waals surface area contributed by atoms with Crippen LogP contribution in [0.5, 0.6) is 0 Å². The number of hydrogen-bond acceptors (Lipinski definition) is 4. The van der Waals surface area contributed by atoms with E-state index in [4.69, 9.17) is 0 Å². The maximum absolute atomic E-state index is 9.88. The van der Waals surface area contributed by atoms with E-state index in [0.29, 0.717) is 0 Å². The fourth-order valence-electron chi connectivity index (χ4n) is 0.462. The van der Waals surface area contributed by atoms with Crippen molar-refractivity contribution in [2.45, 2.75) is 4.21 Å². The molecule has 0 saturated heterocycles. The fraction of sp³-hybridized carbons (Fsp3) is 0.200. The molecule has 0 N–H and O–H groups in total. The molecule has 3 nitrogen and oxygen atoms in total. The second-order valence-corrected chi connectivity index (χ2v) is 3.73. The van der Waals surface area contributed by atoms with Gasteiger partial charge in [-0.3, -0.25) is 10.1 Å². The Hall–Kier alpha value is -0.550. The van der Waals surface area contributed by atoms with Crippen molar-refractivity contribution < 1.29 is 4.92 Å². The van der Waals surface area contributed by atoms with Crippen molar-refractivity contribution in [3.8, 4) is 0 Å². The molecular formula is C5H5NO2S2. The maximum atomic E-state index is 9.88. The summed E-state index contributed by atoms with van der Waals surface area (Å²) < 4.78 is 0.997. The highest BCUT2D eigenvalue weighted by atomic mass is 32.2. The molecule has 0 saturated carbocycles. The van der Waals surface area contributed by atoms with Crippen LogP contribution in [0.3, 0.4) is 0 Å². The van der Waals surface area contributed by atoms with Crippen LogP contribution in [0.4, 0.5) is 0 Å². The summed E-state index contributed by atoms with van der Waals surface area (Å²) in [7, 11) is 0. The van der Waals surface area contributed by atoms with Gasteiger partial charge in [-0.05, 0) is 23.2 Å². The van der Waals surface area contributed by atoms with E-state index in [1.54, 1.807) is 0 Å². The van der Waals surface area contributed by atoms with E-state index < -0.39 is 0 Å². The van der Waals surface area contributed by atoms with Crippen LogP contribution in [-0.4, -0.2) is 10.8 Å². The molecule has 5 heteroatoms. The van der Waals surface area contributed by atoms with Gasteiger partial charge in [0.05, 0.1) is 4.21 Å². The van der Waals surface area contributed by atoms with Gasteiger partial charge in [-0.15, -0.1) is 11.3 Å². The van der Waals surface area contributed by atoms with Crippen molar-refractivity contribution >= 4 is 23.1 Å². The smallest absolute Gasteiger partial charge is 0.254 e. The average molecular weight is 175 g/mol. The molecule has 0 amide bonds. The highest BCUT2D eigenvalue weighted by Gasteiger charge is 1.99. The summed E-state index contributed by atoms with van der Waals surface area (Å²) in [6.45, 7) is 0. The molecule has 54 valence electrons. The molecule has 0 aromatic carbocycles. The topological polar surface area (TPSA) is 43.1 Å². The van der Waals surface area contributed by atoms with E-state index in [0.717, 1.165) is 4.21 Å². The molecule has 0 aliphatic rings. The van der Waals surface area contributed by atoms with Gasteiger partial charge < -0.3 is 0 Å². The summed E-state index contributed by atoms with van der Waals surface area (Å²) in [5.41, 5.74) is 0. The van der Waals surface area contributed by atoms with Crippen molar-refractivity contribution in [1.29, 1.82) is 0 Å². The molecule has 0 aliphatic carbocycles. The van der Waals surface area contributed by atoms with Gasteiger partial charge in [-0.25, -0.2) is 0 Å². The van der Waals surface area contributed by atoms with Gasteiger partial charge in [0.2, 0.25) is 0 Å². The van der Waals surface area contributed by atoms with Gasteiger partial charge in [0.1, 0.15) is 0 Å². The molecule has 0 radical (unpaired) electrons. The molecule has 1 rings (SSSR count). The second-order valence-electron chi connectivity index (χ2n) is 1.54. The SMILES string of the molecule is O=[N+]([O-])CSc1cccs1. The van der Waals surface area contributed by atoms with Gasteiger partial charge in [-0.1, -0.05) is 6.07 Å². The van der Waals surface area contributed by atoms with Gasteiger partial charge in [0, 0.05) is 4.92 Å². The average Bonchev–Trinajstić information content (AvgIpc) is 2.34. The number of rotatable bonds is 3. The zero-order valence-electron chi connectivity index (χ0n) is 5.02. The van der Waals surface area contributed by atoms with Crippen LogP contribution < -0.4 is 0 Å². The Balaban J connectivity index is 2.35. The minimum Gasteiger partial charge on any atom is -0.264 e. The minimum atomic E-state index is -0.329. The fourth-order valence-corrected chi connectivity index (χ4v) is 1.91. The second kappa shape index (κ2) is 3.58. The van der Waals surface area contributed by atoms with Gasteiger partial charge in [0.15, 0.2) is 0 Å². The van der Waals surface area contributed by atoms with Crippen LogP contribution in [0.25, 0.3) is 0 Å². The highest BCUT2D eigenvalue weighted by Crippen LogP contribution is 2.22. The first-order valence-corrected chi connectivity index (χ1v) is 4.43. The standard InChI is InChI=1S/C5H5NO2S2/c7-6(8)4-10-5-2-1-3-9-5/h1-3H,4H2. The van der Waals surface area contributed by atoms with E-state index in [2.05, 4.69) is 0 Å². The van der Waals surface area contributed by atoms with Crippen molar-refractivity contribution in [3.05, 3.63) is 27.6 Å². The van der Waals surface area contributed by atoms with Crippen LogP contribution in [0.2, 0.25) is 0 Å². The molecule has 0 aliphatic heterocycles. The molecule has 10 heavy (non-hydrogen) atoms. The molecule has 1 aromatic rings. The number of thiophene rings is 1. The van der Waals surface area contributed by atoms with Gasteiger partial charge >= 0.3 is 0 Å². The Bertz CT molecular complexity index is 209. The lowest BCUT2D eigenvalue weighted by Crippen LogP contribution is -1.93. The first-order valence-electron chi connectivity index (χ1n) is 2.57. The summed E-state index contributed by atoms with van der Waals surface area (Å²) >= 11 is 2.78. The lowest BCUT2D eigenvalue weighted by Gasteiger charge is -1.87. The van der Waals surface area contributed by atoms with Crippen LogP contribution in [-0.2, 0) is 0 Å². The predicted octanol–water partition coefficient (Wildman–Crippen LogP) is 2.07. The number of hydrogen-bond donors (Lipinski definition) is 0. The quantitative estimate of drug-likeness (QED) is 0.306. The Morgan fingerprint density at radius 1 is 1.80 bits per heavy atom. The lowest BCUT2D eigenvalue weighted by atomic mass is 10.7. The number of nitro groups is 1. The number of nitrogens with zero attached hydrogens (tertiary/aromatic N) is 1. The normalized spacial score (nSPS) is 9.60. The Labute approximate surface area is 66.2 Å². The summed E-state index contributed by atoms with van der Waals surface area (Å²) in [6.07, 6.45) is 0. The molecule has 0 bridgehead atoms. The zero-order valence-corrected chi connectivity index (χ0v) is 6.65. The van der Waals surface area contributed by atoms with E-state index in [-0.39, 0.29) is 10.8 Å². The number of thioether (sulfide) groups is 1. The van der Waals surface area contributed by atoms with Crippen LogP contribution in [0.1, 0.15) is 0 Å². The molecule has 0 spiro atoms. The van der Waals surface area contributed by atoms with Crippen LogP contribution >= 0.6 is 23.1 Å². The van der Waals surface area contributed by atoms with Crippen molar-refractivity contribution in [1.82, 2.24) is 0 Å². The van der Waals surface area contributed by atoms with E-state index >= 15 is 0 Å². The van der Waals surface area contributed by atoms with E-state index in [9.17, 15) is 10.1 Å². The molecule has 0 unspecified atom stereocenters. The summed E-state index contributed by atoms with van der Waals surface area (Å²) in [4.78, 5) is 9.55.